The number of benzene rings is 2. The Labute approximate surface area is 123 Å². The van der Waals surface area contributed by atoms with Gasteiger partial charge in [-0.25, -0.2) is 0 Å². The zero-order valence-corrected chi connectivity index (χ0v) is 11.9. The minimum atomic E-state index is 0.228. The highest BCUT2D eigenvalue weighted by Crippen LogP contribution is 2.24. The normalized spacial score (nSPS) is 10.6. The maximum Gasteiger partial charge on any atom is 0.121 e. The first-order chi connectivity index (χ1) is 9.16. The van der Waals surface area contributed by atoms with Crippen molar-refractivity contribution in [1.82, 2.24) is 5.32 Å². The van der Waals surface area contributed by atoms with Gasteiger partial charge in [0.1, 0.15) is 5.75 Å². The second kappa shape index (κ2) is 6.80. The average Bonchev–Trinajstić information content (AvgIpc) is 2.39. The molecule has 0 atom stereocenters. The number of nitrogens with one attached hydrogen (secondary N) is 1. The third kappa shape index (κ3) is 4.13. The molecule has 0 unspecified atom stereocenters. The van der Waals surface area contributed by atoms with Crippen LogP contribution in [0.3, 0.4) is 0 Å². The van der Waals surface area contributed by atoms with E-state index < -0.39 is 0 Å². The van der Waals surface area contributed by atoms with Crippen molar-refractivity contribution in [3.8, 4) is 5.75 Å². The first-order valence-electron chi connectivity index (χ1n) is 6.08. The van der Waals surface area contributed by atoms with E-state index in [0.29, 0.717) is 11.6 Å². The van der Waals surface area contributed by atoms with Crippen molar-refractivity contribution in [3.05, 3.63) is 63.6 Å². The van der Waals surface area contributed by atoms with Gasteiger partial charge in [-0.15, -0.1) is 0 Å². The van der Waals surface area contributed by atoms with Crippen LogP contribution in [-0.2, 0) is 13.0 Å². The lowest BCUT2D eigenvalue weighted by atomic mass is 10.1. The van der Waals surface area contributed by atoms with E-state index in [0.717, 1.165) is 23.6 Å². The Balaban J connectivity index is 1.82. The van der Waals surface area contributed by atoms with Gasteiger partial charge in [0.05, 0.1) is 0 Å². The molecule has 4 heteroatoms. The molecule has 0 aliphatic heterocycles. The molecule has 0 amide bonds. The summed E-state index contributed by atoms with van der Waals surface area (Å²) in [6, 6.07) is 12.9. The number of halogens is 2. The maximum atomic E-state index is 9.70. The molecule has 100 valence electrons. The van der Waals surface area contributed by atoms with Crippen LogP contribution < -0.4 is 5.32 Å². The van der Waals surface area contributed by atoms with E-state index in [1.54, 1.807) is 18.2 Å². The molecule has 0 saturated carbocycles. The molecule has 0 fully saturated rings. The molecule has 0 spiro atoms. The highest BCUT2D eigenvalue weighted by Gasteiger charge is 2.04. The van der Waals surface area contributed by atoms with E-state index in [4.69, 9.17) is 23.2 Å². The number of phenols is 1. The summed E-state index contributed by atoms with van der Waals surface area (Å²) in [7, 11) is 0. The van der Waals surface area contributed by atoms with Crippen LogP contribution >= 0.6 is 23.2 Å². The second-order valence-corrected chi connectivity index (χ2v) is 5.13. The van der Waals surface area contributed by atoms with Crippen LogP contribution in [0, 0.1) is 0 Å². The number of aromatic hydroxyl groups is 1. The van der Waals surface area contributed by atoms with Gasteiger partial charge in [0, 0.05) is 22.2 Å². The Morgan fingerprint density at radius 1 is 1.00 bits per heavy atom. The molecule has 2 rings (SSSR count). The molecule has 0 radical (unpaired) electrons. The molecule has 19 heavy (non-hydrogen) atoms. The van der Waals surface area contributed by atoms with Gasteiger partial charge in [0.15, 0.2) is 0 Å². The molecule has 0 aliphatic carbocycles. The van der Waals surface area contributed by atoms with E-state index in [1.165, 1.54) is 5.56 Å². The van der Waals surface area contributed by atoms with E-state index in [1.807, 2.05) is 24.3 Å². The lowest BCUT2D eigenvalue weighted by Gasteiger charge is -2.08. The third-order valence-electron chi connectivity index (χ3n) is 2.90. The minimum Gasteiger partial charge on any atom is -0.508 e. The summed E-state index contributed by atoms with van der Waals surface area (Å²) in [6.45, 7) is 1.37. The predicted octanol–water partition coefficient (Wildman–Crippen LogP) is 4.03. The quantitative estimate of drug-likeness (QED) is 0.816. The van der Waals surface area contributed by atoms with Crippen LogP contribution in [0.2, 0.25) is 10.0 Å². The van der Waals surface area contributed by atoms with Crippen LogP contribution in [0.5, 0.6) is 5.75 Å². The van der Waals surface area contributed by atoms with Gasteiger partial charge in [-0.2, -0.15) is 0 Å². The smallest absolute Gasteiger partial charge is 0.121 e. The summed E-state index contributed by atoms with van der Waals surface area (Å²) in [5.41, 5.74) is 1.96. The minimum absolute atomic E-state index is 0.228. The Bertz CT molecular complexity index is 520. The molecule has 2 aromatic rings. The monoisotopic (exact) mass is 295 g/mol. The molecular formula is C15H15Cl2NO. The molecule has 0 aliphatic rings. The largest absolute Gasteiger partial charge is 0.508 e. The lowest BCUT2D eigenvalue weighted by molar-refractivity contribution is 0.464. The summed E-state index contributed by atoms with van der Waals surface area (Å²) in [5, 5.41) is 14.3. The number of hydrogen-bond donors (Lipinski definition) is 2. The van der Waals surface area contributed by atoms with Crippen molar-refractivity contribution in [2.75, 3.05) is 6.54 Å². The van der Waals surface area contributed by atoms with E-state index in [2.05, 4.69) is 5.32 Å². The molecule has 0 bridgehead atoms. The average molecular weight is 296 g/mol. The summed E-state index contributed by atoms with van der Waals surface area (Å²) >= 11 is 11.9. The zero-order chi connectivity index (χ0) is 13.7. The van der Waals surface area contributed by atoms with E-state index in [-0.39, 0.29) is 5.75 Å². The van der Waals surface area contributed by atoms with Gasteiger partial charge >= 0.3 is 0 Å². The number of hydrogen-bond acceptors (Lipinski definition) is 2. The van der Waals surface area contributed by atoms with Gasteiger partial charge in [-0.05, 0) is 42.8 Å². The van der Waals surface area contributed by atoms with E-state index in [9.17, 15) is 5.11 Å². The highest BCUT2D eigenvalue weighted by atomic mass is 35.5. The highest BCUT2D eigenvalue weighted by molar-refractivity contribution is 6.31. The maximum absolute atomic E-state index is 9.70. The summed E-state index contributed by atoms with van der Waals surface area (Å²) in [5.74, 6) is 0.228. The van der Waals surface area contributed by atoms with Crippen LogP contribution in [0.4, 0.5) is 0 Å². The molecule has 2 N–H and O–H groups in total. The predicted molar refractivity (Wildman–Crippen MR) is 80.0 cm³/mol. The van der Waals surface area contributed by atoms with Crippen LogP contribution in [0.1, 0.15) is 11.1 Å². The molecule has 0 heterocycles. The van der Waals surface area contributed by atoms with Crippen LogP contribution in [0.15, 0.2) is 42.5 Å². The third-order valence-corrected chi connectivity index (χ3v) is 3.51. The van der Waals surface area contributed by atoms with Gasteiger partial charge in [0.2, 0.25) is 0 Å². The van der Waals surface area contributed by atoms with Crippen molar-refractivity contribution < 1.29 is 5.11 Å². The molecule has 2 nitrogen and oxygen atoms in total. The van der Waals surface area contributed by atoms with Crippen molar-refractivity contribution in [2.24, 2.45) is 0 Å². The Morgan fingerprint density at radius 3 is 2.42 bits per heavy atom. The Hall–Kier alpha value is -1.22. The van der Waals surface area contributed by atoms with Gasteiger partial charge in [-0.3, -0.25) is 0 Å². The first kappa shape index (κ1) is 14.2. The number of phenolic OH excluding ortho intramolecular Hbond substituents is 1. The first-order valence-corrected chi connectivity index (χ1v) is 6.84. The van der Waals surface area contributed by atoms with Crippen LogP contribution in [0.25, 0.3) is 0 Å². The summed E-state index contributed by atoms with van der Waals surface area (Å²) in [6.07, 6.45) is 0.905. The van der Waals surface area contributed by atoms with Crippen molar-refractivity contribution in [2.45, 2.75) is 13.0 Å². The number of rotatable bonds is 5. The molecule has 0 aromatic heterocycles. The van der Waals surface area contributed by atoms with E-state index >= 15 is 0 Å². The SMILES string of the molecule is Oc1cccc(Cl)c1CNCCc1ccc(Cl)cc1. The van der Waals surface area contributed by atoms with Crippen molar-refractivity contribution in [1.29, 1.82) is 0 Å². The topological polar surface area (TPSA) is 32.3 Å². The van der Waals surface area contributed by atoms with Crippen molar-refractivity contribution >= 4 is 23.2 Å². The second-order valence-electron chi connectivity index (χ2n) is 4.29. The zero-order valence-electron chi connectivity index (χ0n) is 10.4. The van der Waals surface area contributed by atoms with Gasteiger partial charge < -0.3 is 10.4 Å². The summed E-state index contributed by atoms with van der Waals surface area (Å²) in [4.78, 5) is 0. The Morgan fingerprint density at radius 2 is 1.74 bits per heavy atom. The van der Waals surface area contributed by atoms with Gasteiger partial charge in [0.25, 0.3) is 0 Å². The van der Waals surface area contributed by atoms with Crippen LogP contribution in [-0.4, -0.2) is 11.7 Å². The fraction of sp³-hybridized carbons (Fsp3) is 0.200. The Kier molecular flexibility index (Phi) is 5.08. The fourth-order valence-electron chi connectivity index (χ4n) is 1.82. The van der Waals surface area contributed by atoms with Crippen molar-refractivity contribution in [3.63, 3.8) is 0 Å². The molecule has 0 saturated heterocycles. The standard InChI is InChI=1S/C15H15Cl2NO/c16-12-6-4-11(5-7-12)8-9-18-10-13-14(17)2-1-3-15(13)19/h1-7,18-19H,8-10H2. The molecule has 2 aromatic carbocycles. The van der Waals surface area contributed by atoms with Gasteiger partial charge in [-0.1, -0.05) is 41.4 Å². The molecular weight excluding hydrogens is 281 g/mol. The fourth-order valence-corrected chi connectivity index (χ4v) is 2.18. The lowest BCUT2D eigenvalue weighted by Crippen LogP contribution is -2.17. The summed E-state index contributed by atoms with van der Waals surface area (Å²) < 4.78 is 0.